The van der Waals surface area contributed by atoms with E-state index in [0.717, 1.165) is 43.6 Å². The second-order valence-electron chi connectivity index (χ2n) is 6.04. The van der Waals surface area contributed by atoms with Gasteiger partial charge in [-0.15, -0.1) is 10.2 Å². The molecule has 148 valence electrons. The number of aliphatic imine (C=N–C) groups is 1. The molecule has 0 unspecified atom stereocenters. The van der Waals surface area contributed by atoms with Crippen LogP contribution < -0.4 is 10.6 Å². The van der Waals surface area contributed by atoms with Crippen molar-refractivity contribution in [3.8, 4) is 0 Å². The molecule has 0 spiro atoms. The molecular weight excluding hydrogens is 357 g/mol. The summed E-state index contributed by atoms with van der Waals surface area (Å²) in [6.07, 6.45) is 1.62. The fraction of sp³-hybridized carbons (Fsp3) is 0.500. The van der Waals surface area contributed by atoms with Gasteiger partial charge in [0.2, 0.25) is 0 Å². The molecular formula is C18H25F3N6. The van der Waals surface area contributed by atoms with E-state index in [1.54, 1.807) is 12.7 Å². The van der Waals surface area contributed by atoms with Gasteiger partial charge in [-0.25, -0.2) is 0 Å². The maximum absolute atomic E-state index is 12.6. The Morgan fingerprint density at radius 3 is 2.41 bits per heavy atom. The molecule has 0 bridgehead atoms. The zero-order valence-corrected chi connectivity index (χ0v) is 15.3. The molecule has 0 aliphatic heterocycles. The maximum atomic E-state index is 12.6. The summed E-state index contributed by atoms with van der Waals surface area (Å²) in [4.78, 5) is 4.52. The van der Waals surface area contributed by atoms with Crippen molar-refractivity contribution < 1.29 is 13.2 Å². The van der Waals surface area contributed by atoms with Gasteiger partial charge >= 0.3 is 6.18 Å². The van der Waals surface area contributed by atoms with Crippen molar-refractivity contribution in [2.75, 3.05) is 19.6 Å². The highest BCUT2D eigenvalue weighted by molar-refractivity contribution is 5.79. The van der Waals surface area contributed by atoms with Crippen molar-refractivity contribution in [3.05, 3.63) is 48.0 Å². The number of nitrogens with one attached hydrogen (secondary N) is 2. The lowest BCUT2D eigenvalue weighted by Gasteiger charge is -2.12. The number of aryl methyl sites for hydroxylation is 1. The summed E-state index contributed by atoms with van der Waals surface area (Å²) in [5, 5.41) is 13.9. The van der Waals surface area contributed by atoms with E-state index < -0.39 is 11.7 Å². The number of guanidine groups is 1. The summed E-state index contributed by atoms with van der Waals surface area (Å²) in [5.41, 5.74) is 0.223. The number of hydrogen-bond donors (Lipinski definition) is 2. The number of benzene rings is 1. The molecule has 1 aromatic carbocycles. The summed E-state index contributed by atoms with van der Waals surface area (Å²) in [7, 11) is 0. The molecule has 0 aliphatic rings. The monoisotopic (exact) mass is 382 g/mol. The second-order valence-corrected chi connectivity index (χ2v) is 6.04. The van der Waals surface area contributed by atoms with Crippen molar-refractivity contribution in [3.63, 3.8) is 0 Å². The van der Waals surface area contributed by atoms with Gasteiger partial charge in [0.05, 0.1) is 5.56 Å². The highest BCUT2D eigenvalue weighted by Crippen LogP contribution is 2.29. The largest absolute Gasteiger partial charge is 0.416 e. The van der Waals surface area contributed by atoms with Crippen LogP contribution in [-0.2, 0) is 19.1 Å². The summed E-state index contributed by atoms with van der Waals surface area (Å²) in [5.74, 6) is 0.716. The quantitative estimate of drug-likeness (QED) is 0.398. The Labute approximate surface area is 156 Å². The van der Waals surface area contributed by atoms with Crippen LogP contribution in [0.15, 0.2) is 41.9 Å². The molecule has 0 fully saturated rings. The number of nitrogens with zero attached hydrogens (tertiary/aromatic N) is 4. The van der Waals surface area contributed by atoms with Gasteiger partial charge in [0.15, 0.2) is 5.96 Å². The highest BCUT2D eigenvalue weighted by atomic mass is 19.4. The number of rotatable bonds is 9. The van der Waals surface area contributed by atoms with Crippen molar-refractivity contribution in [1.82, 2.24) is 25.4 Å². The molecule has 9 heteroatoms. The summed E-state index contributed by atoms with van der Waals surface area (Å²) in [6.45, 7) is 4.88. The third-order valence-corrected chi connectivity index (χ3v) is 3.89. The lowest BCUT2D eigenvalue weighted by Crippen LogP contribution is -2.38. The van der Waals surface area contributed by atoms with Crippen molar-refractivity contribution >= 4 is 5.96 Å². The van der Waals surface area contributed by atoms with Crippen molar-refractivity contribution in [1.29, 1.82) is 0 Å². The molecule has 27 heavy (non-hydrogen) atoms. The van der Waals surface area contributed by atoms with Crippen LogP contribution in [0, 0.1) is 0 Å². The van der Waals surface area contributed by atoms with Crippen LogP contribution in [0.2, 0.25) is 0 Å². The van der Waals surface area contributed by atoms with E-state index in [4.69, 9.17) is 0 Å². The number of hydrogen-bond acceptors (Lipinski definition) is 3. The lowest BCUT2D eigenvalue weighted by molar-refractivity contribution is -0.137. The van der Waals surface area contributed by atoms with Crippen LogP contribution in [0.5, 0.6) is 0 Å². The van der Waals surface area contributed by atoms with Gasteiger partial charge in [-0.2, -0.15) is 13.2 Å². The first-order chi connectivity index (χ1) is 13.0. The SMILES string of the molecule is CCNC(=NCCCCn1cnnc1)NCCc1ccc(C(F)(F)F)cc1. The minimum Gasteiger partial charge on any atom is -0.357 e. The summed E-state index contributed by atoms with van der Waals surface area (Å²) >= 11 is 0. The average Bonchev–Trinajstić information content (AvgIpc) is 3.14. The van der Waals surface area contributed by atoms with Crippen LogP contribution >= 0.6 is 0 Å². The van der Waals surface area contributed by atoms with E-state index in [9.17, 15) is 13.2 Å². The Bertz CT molecular complexity index is 680. The fourth-order valence-corrected chi connectivity index (χ4v) is 2.46. The molecule has 0 aliphatic carbocycles. The minimum atomic E-state index is -4.30. The van der Waals surface area contributed by atoms with Crippen LogP contribution in [-0.4, -0.2) is 40.4 Å². The van der Waals surface area contributed by atoms with Gasteiger partial charge in [-0.3, -0.25) is 4.99 Å². The fourth-order valence-electron chi connectivity index (χ4n) is 2.46. The first kappa shape index (κ1) is 20.7. The zero-order chi connectivity index (χ0) is 19.5. The van der Waals surface area contributed by atoms with E-state index >= 15 is 0 Å². The predicted octanol–water partition coefficient (Wildman–Crippen LogP) is 2.87. The first-order valence-electron chi connectivity index (χ1n) is 8.99. The van der Waals surface area contributed by atoms with E-state index in [1.165, 1.54) is 12.1 Å². The Hall–Kier alpha value is -2.58. The Balaban J connectivity index is 1.71. The Morgan fingerprint density at radius 1 is 1.07 bits per heavy atom. The molecule has 0 saturated carbocycles. The molecule has 2 N–H and O–H groups in total. The average molecular weight is 382 g/mol. The summed E-state index contributed by atoms with van der Waals surface area (Å²) in [6, 6.07) is 5.26. The zero-order valence-electron chi connectivity index (χ0n) is 15.3. The van der Waals surface area contributed by atoms with Gasteiger partial charge in [0, 0.05) is 26.2 Å². The third-order valence-electron chi connectivity index (χ3n) is 3.89. The molecule has 0 radical (unpaired) electrons. The Morgan fingerprint density at radius 2 is 1.78 bits per heavy atom. The van der Waals surface area contributed by atoms with E-state index in [0.29, 0.717) is 25.5 Å². The lowest BCUT2D eigenvalue weighted by atomic mass is 10.1. The van der Waals surface area contributed by atoms with E-state index in [-0.39, 0.29) is 0 Å². The van der Waals surface area contributed by atoms with Crippen LogP contribution in [0.3, 0.4) is 0 Å². The van der Waals surface area contributed by atoms with Gasteiger partial charge in [0.25, 0.3) is 0 Å². The molecule has 0 amide bonds. The summed E-state index contributed by atoms with van der Waals surface area (Å²) < 4.78 is 39.6. The normalized spacial score (nSPS) is 12.2. The van der Waals surface area contributed by atoms with Gasteiger partial charge < -0.3 is 15.2 Å². The molecule has 1 aromatic heterocycles. The molecule has 6 nitrogen and oxygen atoms in total. The molecule has 2 aromatic rings. The third kappa shape index (κ3) is 7.67. The van der Waals surface area contributed by atoms with Crippen LogP contribution in [0.25, 0.3) is 0 Å². The molecule has 1 heterocycles. The van der Waals surface area contributed by atoms with Gasteiger partial charge in [-0.05, 0) is 43.9 Å². The number of halogens is 3. The van der Waals surface area contributed by atoms with Gasteiger partial charge in [0.1, 0.15) is 12.7 Å². The standard InChI is InChI=1S/C18H25F3N6/c1-2-22-17(23-10-3-4-12-27-13-25-26-14-27)24-11-9-15-5-7-16(8-6-15)18(19,20)21/h5-8,13-14H,2-4,9-12H2,1H3,(H2,22,23,24). The highest BCUT2D eigenvalue weighted by Gasteiger charge is 2.29. The molecule has 0 atom stereocenters. The Kier molecular flexibility index (Phi) is 8.09. The molecule has 0 saturated heterocycles. The van der Waals surface area contributed by atoms with Crippen molar-refractivity contribution in [2.45, 2.75) is 38.9 Å². The number of unbranched alkanes of at least 4 members (excludes halogenated alkanes) is 1. The van der Waals surface area contributed by atoms with Crippen LogP contribution in [0.4, 0.5) is 13.2 Å². The maximum Gasteiger partial charge on any atom is 0.416 e. The van der Waals surface area contributed by atoms with Gasteiger partial charge in [-0.1, -0.05) is 12.1 Å². The van der Waals surface area contributed by atoms with E-state index in [2.05, 4.69) is 25.8 Å². The number of alkyl halides is 3. The van der Waals surface area contributed by atoms with Crippen LogP contribution in [0.1, 0.15) is 30.9 Å². The molecule has 2 rings (SSSR count). The second kappa shape index (κ2) is 10.5. The first-order valence-corrected chi connectivity index (χ1v) is 8.99. The topological polar surface area (TPSA) is 67.1 Å². The minimum absolute atomic E-state index is 0.595. The van der Waals surface area contributed by atoms with E-state index in [1.807, 2.05) is 11.5 Å². The van der Waals surface area contributed by atoms with Crippen molar-refractivity contribution in [2.24, 2.45) is 4.99 Å². The smallest absolute Gasteiger partial charge is 0.357 e. The number of aromatic nitrogens is 3. The predicted molar refractivity (Wildman–Crippen MR) is 98.4 cm³/mol.